The molecule has 124 valence electrons. The number of hydrogen-bond acceptors (Lipinski definition) is 3. The first kappa shape index (κ1) is 17.1. The lowest BCUT2D eigenvalue weighted by Gasteiger charge is -2.21. The summed E-state index contributed by atoms with van der Waals surface area (Å²) in [5.41, 5.74) is 8.17. The summed E-state index contributed by atoms with van der Waals surface area (Å²) in [5.74, 6) is -0.563. The van der Waals surface area contributed by atoms with Crippen molar-refractivity contribution in [3.8, 4) is 11.3 Å². The summed E-state index contributed by atoms with van der Waals surface area (Å²) in [6.45, 7) is 2.57. The van der Waals surface area contributed by atoms with Gasteiger partial charge in [-0.2, -0.15) is 5.10 Å². The zero-order valence-electron chi connectivity index (χ0n) is 13.8. The summed E-state index contributed by atoms with van der Waals surface area (Å²) < 4.78 is 14.8. The molecule has 0 aliphatic rings. The molecule has 0 spiro atoms. The van der Waals surface area contributed by atoms with Crippen LogP contribution >= 0.6 is 0 Å². The van der Waals surface area contributed by atoms with E-state index >= 15 is 0 Å². The Labute approximate surface area is 135 Å². The Morgan fingerprint density at radius 3 is 2.65 bits per heavy atom. The van der Waals surface area contributed by atoms with Crippen molar-refractivity contribution < 1.29 is 9.18 Å². The molecule has 2 rings (SSSR count). The van der Waals surface area contributed by atoms with Gasteiger partial charge in [-0.3, -0.25) is 14.4 Å². The maximum absolute atomic E-state index is 13.0. The Bertz CT molecular complexity index is 666. The van der Waals surface area contributed by atoms with Crippen LogP contribution in [0.4, 0.5) is 4.39 Å². The van der Waals surface area contributed by atoms with Gasteiger partial charge in [-0.05, 0) is 69.3 Å². The van der Waals surface area contributed by atoms with Crippen molar-refractivity contribution in [1.29, 1.82) is 0 Å². The van der Waals surface area contributed by atoms with Gasteiger partial charge >= 0.3 is 0 Å². The number of hydrogen-bond donors (Lipinski definition) is 1. The quantitative estimate of drug-likeness (QED) is 0.849. The number of carbonyl (C=O) groups is 1. The largest absolute Gasteiger partial charge is 0.368 e. The molecule has 1 aromatic heterocycles. The molecule has 0 aliphatic carbocycles. The number of benzene rings is 1. The van der Waals surface area contributed by atoms with E-state index in [1.807, 2.05) is 25.1 Å². The third kappa shape index (κ3) is 4.39. The molecular formula is C17H23FN4O. The number of primary amides is 1. The van der Waals surface area contributed by atoms with Crippen molar-refractivity contribution in [2.45, 2.75) is 25.8 Å². The Morgan fingerprint density at radius 2 is 2.04 bits per heavy atom. The van der Waals surface area contributed by atoms with Gasteiger partial charge in [0.05, 0.1) is 17.4 Å². The number of halogens is 1. The number of aromatic nitrogens is 2. The molecule has 2 N–H and O–H groups in total. The molecule has 0 saturated carbocycles. The van der Waals surface area contributed by atoms with Crippen molar-refractivity contribution in [1.82, 2.24) is 14.7 Å². The lowest BCUT2D eigenvalue weighted by molar-refractivity contribution is -0.122. The first-order valence-electron chi connectivity index (χ1n) is 7.67. The summed E-state index contributed by atoms with van der Waals surface area (Å²) in [6, 6.07) is 8.14. The van der Waals surface area contributed by atoms with Crippen LogP contribution in [-0.4, -0.2) is 40.2 Å². The molecule has 5 nitrogen and oxygen atoms in total. The summed E-state index contributed by atoms with van der Waals surface area (Å²) in [4.78, 5) is 13.1. The van der Waals surface area contributed by atoms with E-state index in [4.69, 9.17) is 5.73 Å². The van der Waals surface area contributed by atoms with Crippen LogP contribution in [-0.2, 0) is 18.3 Å². The smallest absolute Gasteiger partial charge is 0.234 e. The van der Waals surface area contributed by atoms with Gasteiger partial charge in [0.15, 0.2) is 0 Å². The predicted molar refractivity (Wildman–Crippen MR) is 88.2 cm³/mol. The van der Waals surface area contributed by atoms with Crippen molar-refractivity contribution in [2.24, 2.45) is 12.8 Å². The SMILES string of the molecule is C[C@H](C(N)=O)N(C)CCCc1cc(-c2ccc(F)cc2)n(C)n1. The minimum absolute atomic E-state index is 0.247. The highest BCUT2D eigenvalue weighted by molar-refractivity contribution is 5.79. The fourth-order valence-corrected chi connectivity index (χ4v) is 2.46. The van der Waals surface area contributed by atoms with Crippen LogP contribution in [0.15, 0.2) is 30.3 Å². The van der Waals surface area contributed by atoms with Gasteiger partial charge in [-0.25, -0.2) is 4.39 Å². The molecule has 1 aromatic carbocycles. The average Bonchev–Trinajstić information content (AvgIpc) is 2.88. The highest BCUT2D eigenvalue weighted by Gasteiger charge is 2.14. The van der Waals surface area contributed by atoms with Gasteiger partial charge in [-0.1, -0.05) is 0 Å². The second kappa shape index (κ2) is 7.37. The molecule has 23 heavy (non-hydrogen) atoms. The highest BCUT2D eigenvalue weighted by atomic mass is 19.1. The fraction of sp³-hybridized carbons (Fsp3) is 0.412. The van der Waals surface area contributed by atoms with Crippen LogP contribution in [0, 0.1) is 5.82 Å². The van der Waals surface area contributed by atoms with E-state index < -0.39 is 0 Å². The van der Waals surface area contributed by atoms with E-state index in [1.54, 1.807) is 23.7 Å². The zero-order chi connectivity index (χ0) is 17.0. The molecular weight excluding hydrogens is 295 g/mol. The summed E-state index contributed by atoms with van der Waals surface area (Å²) >= 11 is 0. The van der Waals surface area contributed by atoms with Crippen LogP contribution in [0.5, 0.6) is 0 Å². The maximum Gasteiger partial charge on any atom is 0.234 e. The number of nitrogens with two attached hydrogens (primary N) is 1. The average molecular weight is 318 g/mol. The lowest BCUT2D eigenvalue weighted by atomic mass is 10.1. The number of aryl methyl sites for hydroxylation is 2. The molecule has 1 atom stereocenters. The monoisotopic (exact) mass is 318 g/mol. The number of amides is 1. The molecule has 2 aromatic rings. The first-order valence-corrected chi connectivity index (χ1v) is 7.67. The van der Waals surface area contributed by atoms with E-state index in [-0.39, 0.29) is 17.8 Å². The molecule has 0 radical (unpaired) electrons. The predicted octanol–water partition coefficient (Wildman–Crippen LogP) is 1.96. The molecule has 6 heteroatoms. The summed E-state index contributed by atoms with van der Waals surface area (Å²) in [6.07, 6.45) is 1.69. The molecule has 1 amide bonds. The maximum atomic E-state index is 13.0. The van der Waals surface area contributed by atoms with Gasteiger partial charge in [0.1, 0.15) is 5.82 Å². The van der Waals surface area contributed by atoms with Crippen LogP contribution in [0.2, 0.25) is 0 Å². The second-order valence-electron chi connectivity index (χ2n) is 5.81. The van der Waals surface area contributed by atoms with E-state index in [9.17, 15) is 9.18 Å². The third-order valence-electron chi connectivity index (χ3n) is 4.09. The van der Waals surface area contributed by atoms with Gasteiger partial charge in [-0.15, -0.1) is 0 Å². The number of rotatable bonds is 7. The number of nitrogens with zero attached hydrogens (tertiary/aromatic N) is 3. The van der Waals surface area contributed by atoms with Crippen molar-refractivity contribution in [3.63, 3.8) is 0 Å². The van der Waals surface area contributed by atoms with Crippen molar-refractivity contribution in [3.05, 3.63) is 41.8 Å². The molecule has 0 saturated heterocycles. The van der Waals surface area contributed by atoms with Gasteiger partial charge in [0, 0.05) is 7.05 Å². The van der Waals surface area contributed by atoms with Gasteiger partial charge in [0.25, 0.3) is 0 Å². The first-order chi connectivity index (χ1) is 10.9. The van der Waals surface area contributed by atoms with E-state index in [2.05, 4.69) is 5.10 Å². The summed E-state index contributed by atoms with van der Waals surface area (Å²) in [7, 11) is 3.77. The van der Waals surface area contributed by atoms with Crippen LogP contribution < -0.4 is 5.73 Å². The minimum Gasteiger partial charge on any atom is -0.368 e. The number of likely N-dealkylation sites (N-methyl/N-ethyl adjacent to an activating group) is 1. The number of carbonyl (C=O) groups excluding carboxylic acids is 1. The zero-order valence-corrected chi connectivity index (χ0v) is 13.8. The molecule has 0 fully saturated rings. The summed E-state index contributed by atoms with van der Waals surface area (Å²) in [5, 5.41) is 4.50. The highest BCUT2D eigenvalue weighted by Crippen LogP contribution is 2.20. The van der Waals surface area contributed by atoms with Crippen LogP contribution in [0.25, 0.3) is 11.3 Å². The molecule has 0 bridgehead atoms. The second-order valence-corrected chi connectivity index (χ2v) is 5.81. The van der Waals surface area contributed by atoms with E-state index in [0.29, 0.717) is 0 Å². The topological polar surface area (TPSA) is 64.2 Å². The Balaban J connectivity index is 1.96. The van der Waals surface area contributed by atoms with Crippen molar-refractivity contribution in [2.75, 3.05) is 13.6 Å². The normalized spacial score (nSPS) is 12.6. The fourth-order valence-electron chi connectivity index (χ4n) is 2.46. The molecule has 0 aliphatic heterocycles. The third-order valence-corrected chi connectivity index (χ3v) is 4.09. The minimum atomic E-state index is -0.316. The Kier molecular flexibility index (Phi) is 5.50. The lowest BCUT2D eigenvalue weighted by Crippen LogP contribution is -2.40. The van der Waals surface area contributed by atoms with Gasteiger partial charge < -0.3 is 5.73 Å². The van der Waals surface area contributed by atoms with E-state index in [0.717, 1.165) is 36.3 Å². The Morgan fingerprint density at radius 1 is 1.39 bits per heavy atom. The van der Waals surface area contributed by atoms with E-state index in [1.165, 1.54) is 12.1 Å². The van der Waals surface area contributed by atoms with Gasteiger partial charge in [0.2, 0.25) is 5.91 Å². The molecule has 1 heterocycles. The standard InChI is InChI=1S/C17H23FN4O/c1-12(17(19)23)21(2)10-4-5-15-11-16(22(3)20-15)13-6-8-14(18)9-7-13/h6-9,11-12H,4-5,10H2,1-3H3,(H2,19,23)/t12-/m1/s1. The van der Waals surface area contributed by atoms with Crippen molar-refractivity contribution >= 4 is 5.91 Å². The van der Waals surface area contributed by atoms with Crippen LogP contribution in [0.3, 0.4) is 0 Å². The Hall–Kier alpha value is -2.21. The van der Waals surface area contributed by atoms with Crippen LogP contribution in [0.1, 0.15) is 19.0 Å². The molecule has 0 unspecified atom stereocenters.